The summed E-state index contributed by atoms with van der Waals surface area (Å²) in [7, 11) is 0. The Labute approximate surface area is 105 Å². The van der Waals surface area contributed by atoms with Crippen LogP contribution in [0.4, 0.5) is 0 Å². The fourth-order valence-electron chi connectivity index (χ4n) is 1.68. The minimum absolute atomic E-state index is 0.228. The lowest BCUT2D eigenvalue weighted by Gasteiger charge is -2.19. The first kappa shape index (κ1) is 13.9. The molecule has 17 heavy (non-hydrogen) atoms. The van der Waals surface area contributed by atoms with E-state index in [1.165, 1.54) is 11.1 Å². The van der Waals surface area contributed by atoms with Crippen molar-refractivity contribution < 1.29 is 5.11 Å². The van der Waals surface area contributed by atoms with Crippen LogP contribution in [-0.2, 0) is 6.42 Å². The van der Waals surface area contributed by atoms with Gasteiger partial charge in [0.1, 0.15) is 0 Å². The molecule has 0 radical (unpaired) electrons. The molecule has 0 spiro atoms. The first-order chi connectivity index (χ1) is 8.22. The third-order valence-corrected chi connectivity index (χ3v) is 2.73. The zero-order valence-electron chi connectivity index (χ0n) is 10.9. The molecule has 1 aromatic rings. The summed E-state index contributed by atoms with van der Waals surface area (Å²) in [5.41, 5.74) is 2.68. The van der Waals surface area contributed by atoms with Crippen molar-refractivity contribution in [2.75, 3.05) is 26.2 Å². The van der Waals surface area contributed by atoms with Crippen LogP contribution >= 0.6 is 0 Å². The molecule has 0 amide bonds. The van der Waals surface area contributed by atoms with Crippen LogP contribution < -0.4 is 0 Å². The molecule has 0 unspecified atom stereocenters. The van der Waals surface area contributed by atoms with E-state index >= 15 is 0 Å². The van der Waals surface area contributed by atoms with E-state index in [2.05, 4.69) is 49.1 Å². The van der Waals surface area contributed by atoms with Gasteiger partial charge in [-0.15, -0.1) is 0 Å². The van der Waals surface area contributed by atoms with E-state index in [0.29, 0.717) is 0 Å². The van der Waals surface area contributed by atoms with E-state index in [9.17, 15) is 0 Å². The molecular formula is C15H23NO. The van der Waals surface area contributed by atoms with Gasteiger partial charge < -0.3 is 5.11 Å². The van der Waals surface area contributed by atoms with Gasteiger partial charge in [-0.1, -0.05) is 42.0 Å². The molecule has 0 aliphatic rings. The number of hydrogen-bond acceptors (Lipinski definition) is 2. The summed E-state index contributed by atoms with van der Waals surface area (Å²) in [4.78, 5) is 2.28. The Balaban J connectivity index is 2.41. The maximum atomic E-state index is 9.04. The maximum absolute atomic E-state index is 9.04. The number of hydrogen-bond donors (Lipinski definition) is 1. The molecule has 0 saturated heterocycles. The van der Waals surface area contributed by atoms with Crippen LogP contribution in [0.5, 0.6) is 0 Å². The molecule has 0 fully saturated rings. The molecule has 0 bridgehead atoms. The van der Waals surface area contributed by atoms with Gasteiger partial charge >= 0.3 is 0 Å². The maximum Gasteiger partial charge on any atom is 0.0558 e. The van der Waals surface area contributed by atoms with Gasteiger partial charge in [0.2, 0.25) is 0 Å². The lowest BCUT2D eigenvalue weighted by molar-refractivity contribution is 0.209. The number of nitrogens with zero attached hydrogens (tertiary/aromatic N) is 1. The molecule has 2 heteroatoms. The molecule has 1 N–H and O–H groups in total. The Morgan fingerprint density at radius 3 is 2.47 bits per heavy atom. The molecular weight excluding hydrogens is 210 g/mol. The van der Waals surface area contributed by atoms with E-state index in [4.69, 9.17) is 5.11 Å². The van der Waals surface area contributed by atoms with Crippen molar-refractivity contribution in [2.24, 2.45) is 0 Å². The molecule has 0 aliphatic heterocycles. The molecule has 0 saturated carbocycles. The summed E-state index contributed by atoms with van der Waals surface area (Å²) >= 11 is 0. The second-order valence-corrected chi connectivity index (χ2v) is 4.54. The van der Waals surface area contributed by atoms with Crippen molar-refractivity contribution in [2.45, 2.75) is 20.3 Å². The average molecular weight is 233 g/mol. The molecule has 0 heterocycles. The predicted molar refractivity (Wildman–Crippen MR) is 73.1 cm³/mol. The quantitative estimate of drug-likeness (QED) is 0.731. The minimum Gasteiger partial charge on any atom is -0.395 e. The van der Waals surface area contributed by atoms with Crippen LogP contribution in [0, 0.1) is 0 Å². The van der Waals surface area contributed by atoms with Crippen LogP contribution in [-0.4, -0.2) is 36.2 Å². The average Bonchev–Trinajstić information content (AvgIpc) is 2.34. The van der Waals surface area contributed by atoms with Crippen molar-refractivity contribution in [1.82, 2.24) is 4.90 Å². The van der Waals surface area contributed by atoms with Crippen molar-refractivity contribution >= 4 is 0 Å². The van der Waals surface area contributed by atoms with Gasteiger partial charge in [0.05, 0.1) is 6.61 Å². The second-order valence-electron chi connectivity index (χ2n) is 4.54. The fraction of sp³-hybridized carbons (Fsp3) is 0.467. The largest absolute Gasteiger partial charge is 0.395 e. The monoisotopic (exact) mass is 233 g/mol. The Morgan fingerprint density at radius 2 is 1.88 bits per heavy atom. The number of benzene rings is 1. The van der Waals surface area contributed by atoms with Gasteiger partial charge in [0, 0.05) is 19.6 Å². The molecule has 94 valence electrons. The Morgan fingerprint density at radius 1 is 1.18 bits per heavy atom. The smallest absolute Gasteiger partial charge is 0.0558 e. The normalized spacial score (nSPS) is 10.6. The summed E-state index contributed by atoms with van der Waals surface area (Å²) in [5, 5.41) is 9.04. The standard InChI is InChI=1S/C15H23NO/c1-14(2)8-10-16(12-13-17)11-9-15-6-4-3-5-7-15/h3-8,17H,9-13H2,1-2H3. The van der Waals surface area contributed by atoms with Gasteiger partial charge in [0.25, 0.3) is 0 Å². The third kappa shape index (κ3) is 6.25. The molecule has 0 aliphatic carbocycles. The highest BCUT2D eigenvalue weighted by Crippen LogP contribution is 2.02. The first-order valence-corrected chi connectivity index (χ1v) is 6.23. The second kappa shape index (κ2) is 8.04. The summed E-state index contributed by atoms with van der Waals surface area (Å²) in [6.45, 7) is 7.11. The van der Waals surface area contributed by atoms with Gasteiger partial charge in [-0.05, 0) is 25.8 Å². The zero-order chi connectivity index (χ0) is 12.5. The number of allylic oxidation sites excluding steroid dienone is 1. The topological polar surface area (TPSA) is 23.5 Å². The summed E-state index contributed by atoms with van der Waals surface area (Å²) in [6, 6.07) is 10.5. The van der Waals surface area contributed by atoms with E-state index < -0.39 is 0 Å². The minimum atomic E-state index is 0.228. The van der Waals surface area contributed by atoms with Crippen molar-refractivity contribution in [3.63, 3.8) is 0 Å². The van der Waals surface area contributed by atoms with Crippen LogP contribution in [0.15, 0.2) is 42.0 Å². The van der Waals surface area contributed by atoms with Gasteiger partial charge in [-0.2, -0.15) is 0 Å². The van der Waals surface area contributed by atoms with Crippen LogP contribution in [0.2, 0.25) is 0 Å². The van der Waals surface area contributed by atoms with Crippen molar-refractivity contribution in [1.29, 1.82) is 0 Å². The molecule has 0 atom stereocenters. The first-order valence-electron chi connectivity index (χ1n) is 6.23. The zero-order valence-corrected chi connectivity index (χ0v) is 10.9. The van der Waals surface area contributed by atoms with E-state index in [-0.39, 0.29) is 6.61 Å². The van der Waals surface area contributed by atoms with Gasteiger partial charge in [-0.3, -0.25) is 4.90 Å². The number of aliphatic hydroxyl groups is 1. The Bertz CT molecular complexity index is 328. The Kier molecular flexibility index (Phi) is 6.60. The van der Waals surface area contributed by atoms with Crippen LogP contribution in [0.3, 0.4) is 0 Å². The predicted octanol–water partition coefficient (Wildman–Crippen LogP) is 2.49. The summed E-state index contributed by atoms with van der Waals surface area (Å²) in [5.74, 6) is 0. The summed E-state index contributed by atoms with van der Waals surface area (Å²) in [6.07, 6.45) is 3.25. The van der Waals surface area contributed by atoms with Crippen molar-refractivity contribution in [3.05, 3.63) is 47.5 Å². The highest BCUT2D eigenvalue weighted by Gasteiger charge is 2.02. The van der Waals surface area contributed by atoms with Crippen LogP contribution in [0.25, 0.3) is 0 Å². The third-order valence-electron chi connectivity index (χ3n) is 2.73. The van der Waals surface area contributed by atoms with Gasteiger partial charge in [-0.25, -0.2) is 0 Å². The lowest BCUT2D eigenvalue weighted by Crippen LogP contribution is -2.29. The number of rotatable bonds is 7. The highest BCUT2D eigenvalue weighted by atomic mass is 16.3. The lowest BCUT2D eigenvalue weighted by atomic mass is 10.1. The van der Waals surface area contributed by atoms with Crippen LogP contribution in [0.1, 0.15) is 19.4 Å². The summed E-state index contributed by atoms with van der Waals surface area (Å²) < 4.78 is 0. The SMILES string of the molecule is CC(C)=CCN(CCO)CCc1ccccc1. The highest BCUT2D eigenvalue weighted by molar-refractivity contribution is 5.14. The molecule has 2 nitrogen and oxygen atoms in total. The van der Waals surface area contributed by atoms with E-state index in [1.807, 2.05) is 6.07 Å². The number of aliphatic hydroxyl groups excluding tert-OH is 1. The molecule has 1 aromatic carbocycles. The Hall–Kier alpha value is -1.12. The fourth-order valence-corrected chi connectivity index (χ4v) is 1.68. The molecule has 1 rings (SSSR count). The van der Waals surface area contributed by atoms with E-state index in [1.54, 1.807) is 0 Å². The molecule has 0 aromatic heterocycles. The van der Waals surface area contributed by atoms with Gasteiger partial charge in [0.15, 0.2) is 0 Å². The van der Waals surface area contributed by atoms with E-state index in [0.717, 1.165) is 26.1 Å². The van der Waals surface area contributed by atoms with Crippen molar-refractivity contribution in [3.8, 4) is 0 Å².